The SMILES string of the molecule is C=C(C)c1cccc(OC)c1O. The van der Waals surface area contributed by atoms with Crippen LogP contribution in [0, 0.1) is 0 Å². The summed E-state index contributed by atoms with van der Waals surface area (Å²) in [4.78, 5) is 0. The van der Waals surface area contributed by atoms with Crippen molar-refractivity contribution in [2.75, 3.05) is 7.11 Å². The van der Waals surface area contributed by atoms with Crippen LogP contribution in [0.2, 0.25) is 0 Å². The van der Waals surface area contributed by atoms with E-state index in [0.29, 0.717) is 5.75 Å². The monoisotopic (exact) mass is 164 g/mol. The number of phenols is 1. The molecule has 0 spiro atoms. The Kier molecular flexibility index (Phi) is 2.38. The van der Waals surface area contributed by atoms with Crippen LogP contribution in [-0.4, -0.2) is 12.2 Å². The number of benzene rings is 1. The fourth-order valence-corrected chi connectivity index (χ4v) is 1.03. The van der Waals surface area contributed by atoms with Crippen molar-refractivity contribution in [1.82, 2.24) is 0 Å². The number of rotatable bonds is 2. The largest absolute Gasteiger partial charge is 0.504 e. The summed E-state index contributed by atoms with van der Waals surface area (Å²) >= 11 is 0. The van der Waals surface area contributed by atoms with Crippen LogP contribution in [0.15, 0.2) is 24.8 Å². The zero-order chi connectivity index (χ0) is 9.14. The molecule has 1 rings (SSSR count). The van der Waals surface area contributed by atoms with E-state index in [1.807, 2.05) is 13.0 Å². The highest BCUT2D eigenvalue weighted by molar-refractivity contribution is 5.69. The van der Waals surface area contributed by atoms with E-state index in [-0.39, 0.29) is 5.75 Å². The molecule has 0 amide bonds. The maximum Gasteiger partial charge on any atom is 0.165 e. The van der Waals surface area contributed by atoms with Crippen molar-refractivity contribution < 1.29 is 9.84 Å². The topological polar surface area (TPSA) is 29.5 Å². The van der Waals surface area contributed by atoms with E-state index < -0.39 is 0 Å². The van der Waals surface area contributed by atoms with E-state index in [9.17, 15) is 5.11 Å². The van der Waals surface area contributed by atoms with Gasteiger partial charge in [-0.1, -0.05) is 18.7 Å². The molecule has 0 fully saturated rings. The second-order valence-electron chi connectivity index (χ2n) is 2.64. The van der Waals surface area contributed by atoms with Gasteiger partial charge in [-0.3, -0.25) is 0 Å². The molecule has 0 saturated heterocycles. The van der Waals surface area contributed by atoms with E-state index in [1.165, 1.54) is 7.11 Å². The minimum absolute atomic E-state index is 0.160. The van der Waals surface area contributed by atoms with Crippen LogP contribution in [0.1, 0.15) is 12.5 Å². The van der Waals surface area contributed by atoms with Crippen LogP contribution in [-0.2, 0) is 0 Å². The van der Waals surface area contributed by atoms with Crippen LogP contribution in [0.3, 0.4) is 0 Å². The lowest BCUT2D eigenvalue weighted by Crippen LogP contribution is -1.86. The molecular weight excluding hydrogens is 152 g/mol. The molecule has 0 unspecified atom stereocenters. The fourth-order valence-electron chi connectivity index (χ4n) is 1.03. The summed E-state index contributed by atoms with van der Waals surface area (Å²) in [6, 6.07) is 5.34. The normalized spacial score (nSPS) is 9.50. The zero-order valence-corrected chi connectivity index (χ0v) is 7.29. The number of ether oxygens (including phenoxy) is 1. The minimum Gasteiger partial charge on any atom is -0.504 e. The van der Waals surface area contributed by atoms with Gasteiger partial charge >= 0.3 is 0 Å². The molecule has 0 aromatic heterocycles. The number of phenolic OH excluding ortho intramolecular Hbond substituents is 1. The molecule has 64 valence electrons. The van der Waals surface area contributed by atoms with E-state index in [2.05, 4.69) is 6.58 Å². The van der Waals surface area contributed by atoms with Crippen molar-refractivity contribution in [2.45, 2.75) is 6.92 Å². The molecular formula is C10H12O2. The highest BCUT2D eigenvalue weighted by Gasteiger charge is 2.06. The first kappa shape index (κ1) is 8.65. The van der Waals surface area contributed by atoms with Crippen LogP contribution < -0.4 is 4.74 Å². The first-order chi connectivity index (χ1) is 5.66. The summed E-state index contributed by atoms with van der Waals surface area (Å²) in [5, 5.41) is 9.57. The quantitative estimate of drug-likeness (QED) is 0.727. The van der Waals surface area contributed by atoms with Gasteiger partial charge < -0.3 is 9.84 Å². The van der Waals surface area contributed by atoms with Crippen molar-refractivity contribution in [3.8, 4) is 11.5 Å². The summed E-state index contributed by atoms with van der Waals surface area (Å²) in [6.07, 6.45) is 0. The number of hydrogen-bond acceptors (Lipinski definition) is 2. The van der Waals surface area contributed by atoms with E-state index in [4.69, 9.17) is 4.74 Å². The third-order valence-electron chi connectivity index (χ3n) is 1.68. The lowest BCUT2D eigenvalue weighted by atomic mass is 10.1. The van der Waals surface area contributed by atoms with Crippen molar-refractivity contribution in [2.24, 2.45) is 0 Å². The van der Waals surface area contributed by atoms with Crippen LogP contribution in [0.25, 0.3) is 5.57 Å². The molecule has 0 atom stereocenters. The van der Waals surface area contributed by atoms with Gasteiger partial charge in [0.05, 0.1) is 7.11 Å². The lowest BCUT2D eigenvalue weighted by Gasteiger charge is -2.07. The second-order valence-corrected chi connectivity index (χ2v) is 2.64. The summed E-state index contributed by atoms with van der Waals surface area (Å²) in [6.45, 7) is 5.59. The molecule has 2 nitrogen and oxygen atoms in total. The molecule has 0 heterocycles. The molecule has 0 saturated carbocycles. The van der Waals surface area contributed by atoms with E-state index in [0.717, 1.165) is 11.1 Å². The Morgan fingerprint density at radius 3 is 2.67 bits per heavy atom. The number of para-hydroxylation sites is 1. The van der Waals surface area contributed by atoms with Crippen molar-refractivity contribution in [3.05, 3.63) is 30.3 Å². The van der Waals surface area contributed by atoms with E-state index in [1.54, 1.807) is 12.1 Å². The second kappa shape index (κ2) is 3.30. The molecule has 0 bridgehead atoms. The standard InChI is InChI=1S/C10H12O2/c1-7(2)8-5-4-6-9(12-3)10(8)11/h4-6,11H,1H2,2-3H3. The summed E-state index contributed by atoms with van der Waals surface area (Å²) < 4.78 is 4.94. The van der Waals surface area contributed by atoms with Gasteiger partial charge in [0, 0.05) is 5.56 Å². The number of allylic oxidation sites excluding steroid dienone is 1. The molecule has 2 heteroatoms. The molecule has 1 aromatic rings. The number of aromatic hydroxyl groups is 1. The first-order valence-corrected chi connectivity index (χ1v) is 3.68. The highest BCUT2D eigenvalue weighted by Crippen LogP contribution is 2.32. The van der Waals surface area contributed by atoms with Gasteiger partial charge in [-0.2, -0.15) is 0 Å². The molecule has 1 aromatic carbocycles. The van der Waals surface area contributed by atoms with Crippen LogP contribution in [0.4, 0.5) is 0 Å². The van der Waals surface area contributed by atoms with Crippen molar-refractivity contribution in [3.63, 3.8) is 0 Å². The summed E-state index contributed by atoms with van der Waals surface area (Å²) in [5.41, 5.74) is 1.56. The third kappa shape index (κ3) is 1.42. The molecule has 1 N–H and O–H groups in total. The van der Waals surface area contributed by atoms with Crippen molar-refractivity contribution >= 4 is 5.57 Å². The first-order valence-electron chi connectivity index (χ1n) is 3.68. The average molecular weight is 164 g/mol. The molecule has 0 aliphatic carbocycles. The third-order valence-corrected chi connectivity index (χ3v) is 1.68. The maximum absolute atomic E-state index is 9.57. The minimum atomic E-state index is 0.160. The van der Waals surface area contributed by atoms with Gasteiger partial charge in [0.2, 0.25) is 0 Å². The Labute approximate surface area is 72.1 Å². The maximum atomic E-state index is 9.57. The molecule has 12 heavy (non-hydrogen) atoms. The Morgan fingerprint density at radius 1 is 1.50 bits per heavy atom. The summed E-state index contributed by atoms with van der Waals surface area (Å²) in [7, 11) is 1.53. The van der Waals surface area contributed by atoms with Gasteiger partial charge in [-0.15, -0.1) is 0 Å². The Balaban J connectivity index is 3.23. The predicted molar refractivity (Wildman–Crippen MR) is 49.4 cm³/mol. The van der Waals surface area contributed by atoms with Gasteiger partial charge in [-0.05, 0) is 18.6 Å². The molecule has 0 aliphatic heterocycles. The lowest BCUT2D eigenvalue weighted by molar-refractivity contribution is 0.373. The molecule has 0 radical (unpaired) electrons. The van der Waals surface area contributed by atoms with Crippen LogP contribution in [0.5, 0.6) is 11.5 Å². The molecule has 0 aliphatic rings. The Bertz CT molecular complexity index is 303. The van der Waals surface area contributed by atoms with Gasteiger partial charge in [0.1, 0.15) is 0 Å². The summed E-state index contributed by atoms with van der Waals surface area (Å²) in [5.74, 6) is 0.642. The van der Waals surface area contributed by atoms with Gasteiger partial charge in [0.25, 0.3) is 0 Å². The smallest absolute Gasteiger partial charge is 0.165 e. The number of hydrogen-bond donors (Lipinski definition) is 1. The average Bonchev–Trinajstić information content (AvgIpc) is 2.04. The highest BCUT2D eigenvalue weighted by atomic mass is 16.5. The van der Waals surface area contributed by atoms with Gasteiger partial charge in [-0.25, -0.2) is 0 Å². The Morgan fingerprint density at radius 2 is 2.17 bits per heavy atom. The van der Waals surface area contributed by atoms with Crippen molar-refractivity contribution in [1.29, 1.82) is 0 Å². The fraction of sp³-hybridized carbons (Fsp3) is 0.200. The zero-order valence-electron chi connectivity index (χ0n) is 7.29. The Hall–Kier alpha value is -1.44. The van der Waals surface area contributed by atoms with E-state index >= 15 is 0 Å². The van der Waals surface area contributed by atoms with Gasteiger partial charge in [0.15, 0.2) is 11.5 Å². The van der Waals surface area contributed by atoms with Crippen LogP contribution >= 0.6 is 0 Å². The predicted octanol–water partition coefficient (Wildman–Crippen LogP) is 2.43. The number of methoxy groups -OCH3 is 1.